The molecule has 0 radical (unpaired) electrons. The molecule has 0 saturated heterocycles. The maximum absolute atomic E-state index is 12.6. The summed E-state index contributed by atoms with van der Waals surface area (Å²) in [5.41, 5.74) is 1.16. The Bertz CT molecular complexity index is 869. The molecule has 1 heterocycles. The molecule has 1 aromatic heterocycles. The Hall–Kier alpha value is -2.21. The van der Waals surface area contributed by atoms with Crippen molar-refractivity contribution in [1.82, 2.24) is 0 Å². The van der Waals surface area contributed by atoms with Crippen molar-refractivity contribution in [2.75, 3.05) is 0 Å². The van der Waals surface area contributed by atoms with Crippen molar-refractivity contribution < 1.29 is 27.1 Å². The van der Waals surface area contributed by atoms with Gasteiger partial charge in [-0.3, -0.25) is 4.79 Å². The van der Waals surface area contributed by atoms with E-state index in [4.69, 9.17) is 20.8 Å². The van der Waals surface area contributed by atoms with Crippen LogP contribution in [0.25, 0.3) is 0 Å². The van der Waals surface area contributed by atoms with Crippen molar-refractivity contribution in [2.45, 2.75) is 33.1 Å². The summed E-state index contributed by atoms with van der Waals surface area (Å²) >= 11 is 5.30. The molecule has 1 fully saturated rings. The third kappa shape index (κ3) is 4.61. The highest BCUT2D eigenvalue weighted by atomic mass is 35.5. The molecule has 28 heavy (non-hydrogen) atoms. The highest BCUT2D eigenvalue weighted by molar-refractivity contribution is 6.30. The number of benzene rings is 1. The molecular formula is C21H20ClF3O3. The van der Waals surface area contributed by atoms with E-state index in [1.807, 2.05) is 30.3 Å². The third-order valence-electron chi connectivity index (χ3n) is 5.07. The summed E-state index contributed by atoms with van der Waals surface area (Å²) in [6.45, 7) is 3.44. The molecule has 0 amide bonds. The van der Waals surface area contributed by atoms with Gasteiger partial charge in [0.1, 0.15) is 17.4 Å². The normalized spacial score (nSPS) is 21.4. The van der Waals surface area contributed by atoms with Crippen LogP contribution in [0.15, 0.2) is 58.2 Å². The second-order valence-corrected chi connectivity index (χ2v) is 7.94. The molecule has 1 aromatic carbocycles. The van der Waals surface area contributed by atoms with E-state index in [1.54, 1.807) is 19.9 Å². The fraction of sp³-hybridized carbons (Fsp3) is 0.381. The van der Waals surface area contributed by atoms with Gasteiger partial charge in [0.2, 0.25) is 0 Å². The molecule has 0 spiro atoms. The zero-order valence-electron chi connectivity index (χ0n) is 15.4. The summed E-state index contributed by atoms with van der Waals surface area (Å²) < 4.78 is 48.6. The second kappa shape index (κ2) is 7.66. The third-order valence-corrected chi connectivity index (χ3v) is 5.41. The quantitative estimate of drug-likeness (QED) is 0.557. The van der Waals surface area contributed by atoms with Crippen LogP contribution in [0, 0.1) is 17.3 Å². The van der Waals surface area contributed by atoms with Gasteiger partial charge in [0.05, 0.1) is 12.2 Å². The van der Waals surface area contributed by atoms with Crippen LogP contribution < -0.4 is 0 Å². The molecule has 2 atom stereocenters. The number of rotatable bonds is 6. The SMILES string of the molecule is CC1(C)C(/C=C(/Cl)C(F)(F)F)C1C(=O)OCc1coc(Cc2ccccc2)c1. The van der Waals surface area contributed by atoms with Crippen LogP contribution in [0.4, 0.5) is 13.2 Å². The number of esters is 1. The maximum Gasteiger partial charge on any atom is 0.426 e. The topological polar surface area (TPSA) is 39.4 Å². The number of allylic oxidation sites excluding steroid dienone is 2. The first-order valence-electron chi connectivity index (χ1n) is 8.80. The monoisotopic (exact) mass is 412 g/mol. The molecular weight excluding hydrogens is 393 g/mol. The Balaban J connectivity index is 1.56. The molecule has 7 heteroatoms. The summed E-state index contributed by atoms with van der Waals surface area (Å²) in [4.78, 5) is 12.3. The molecule has 2 aromatic rings. The summed E-state index contributed by atoms with van der Waals surface area (Å²) in [6.07, 6.45) is -1.57. The molecule has 2 unspecified atom stereocenters. The molecule has 3 rings (SSSR count). The van der Waals surface area contributed by atoms with Crippen LogP contribution in [0.2, 0.25) is 0 Å². The van der Waals surface area contributed by atoms with Gasteiger partial charge in [0.15, 0.2) is 0 Å². The van der Waals surface area contributed by atoms with Crippen LogP contribution in [0.3, 0.4) is 0 Å². The molecule has 3 nitrogen and oxygen atoms in total. The molecule has 1 aliphatic carbocycles. The van der Waals surface area contributed by atoms with E-state index in [9.17, 15) is 18.0 Å². The van der Waals surface area contributed by atoms with E-state index in [0.717, 1.165) is 17.4 Å². The minimum Gasteiger partial charge on any atom is -0.469 e. The average Bonchev–Trinajstić information content (AvgIpc) is 2.94. The zero-order valence-corrected chi connectivity index (χ0v) is 16.2. The van der Waals surface area contributed by atoms with Crippen LogP contribution in [0.1, 0.15) is 30.7 Å². The fourth-order valence-corrected chi connectivity index (χ4v) is 3.46. The van der Waals surface area contributed by atoms with Gasteiger partial charge in [-0.15, -0.1) is 0 Å². The zero-order chi connectivity index (χ0) is 20.5. The van der Waals surface area contributed by atoms with Crippen molar-refractivity contribution in [3.63, 3.8) is 0 Å². The lowest BCUT2D eigenvalue weighted by Crippen LogP contribution is -2.10. The number of alkyl halides is 3. The highest BCUT2D eigenvalue weighted by Gasteiger charge is 2.62. The molecule has 150 valence electrons. The number of furan rings is 1. The Kier molecular flexibility index (Phi) is 5.62. The number of ether oxygens (including phenoxy) is 1. The Morgan fingerprint density at radius 2 is 1.93 bits per heavy atom. The first kappa shape index (κ1) is 20.5. The molecule has 0 N–H and O–H groups in total. The second-order valence-electron chi connectivity index (χ2n) is 7.53. The van der Waals surface area contributed by atoms with E-state index in [-0.39, 0.29) is 6.61 Å². The first-order valence-corrected chi connectivity index (χ1v) is 9.18. The Morgan fingerprint density at radius 1 is 1.25 bits per heavy atom. The lowest BCUT2D eigenvalue weighted by molar-refractivity contribution is -0.147. The number of halogens is 4. The van der Waals surface area contributed by atoms with Gasteiger partial charge >= 0.3 is 12.1 Å². The van der Waals surface area contributed by atoms with Gasteiger partial charge in [-0.05, 0) is 23.0 Å². The van der Waals surface area contributed by atoms with Crippen LogP contribution in [-0.2, 0) is 22.6 Å². The number of hydrogen-bond donors (Lipinski definition) is 0. The minimum absolute atomic E-state index is 0.00708. The van der Waals surface area contributed by atoms with E-state index in [1.165, 1.54) is 6.26 Å². The van der Waals surface area contributed by atoms with Crippen molar-refractivity contribution in [3.05, 3.63) is 70.7 Å². The van der Waals surface area contributed by atoms with Gasteiger partial charge < -0.3 is 9.15 Å². The van der Waals surface area contributed by atoms with E-state index in [0.29, 0.717) is 12.0 Å². The number of carbonyl (C=O) groups is 1. The summed E-state index contributed by atoms with van der Waals surface area (Å²) in [5.74, 6) is -1.06. The van der Waals surface area contributed by atoms with E-state index < -0.39 is 34.4 Å². The minimum atomic E-state index is -4.61. The first-order chi connectivity index (χ1) is 13.1. The van der Waals surface area contributed by atoms with Gasteiger partial charge in [-0.2, -0.15) is 13.2 Å². The van der Waals surface area contributed by atoms with Gasteiger partial charge in [0.25, 0.3) is 0 Å². The highest BCUT2D eigenvalue weighted by Crippen LogP contribution is 2.60. The molecule has 1 aliphatic rings. The predicted octanol–water partition coefficient (Wildman–Crippen LogP) is 5.87. The van der Waals surface area contributed by atoms with Gasteiger partial charge in [-0.1, -0.05) is 61.9 Å². The van der Waals surface area contributed by atoms with Crippen molar-refractivity contribution in [2.24, 2.45) is 17.3 Å². The molecule has 0 aliphatic heterocycles. The summed E-state index contributed by atoms with van der Waals surface area (Å²) in [6, 6.07) is 11.6. The largest absolute Gasteiger partial charge is 0.469 e. The lowest BCUT2D eigenvalue weighted by atomic mass is 10.1. The fourth-order valence-electron chi connectivity index (χ4n) is 3.33. The molecule has 1 saturated carbocycles. The van der Waals surface area contributed by atoms with Crippen molar-refractivity contribution in [1.29, 1.82) is 0 Å². The average molecular weight is 413 g/mol. The summed E-state index contributed by atoms with van der Waals surface area (Å²) in [5, 5.41) is -1.21. The predicted molar refractivity (Wildman–Crippen MR) is 98.5 cm³/mol. The standard InChI is InChI=1S/C21H20ClF3O3/c1-20(2)16(10-17(22)21(23,24)25)18(20)19(26)28-12-14-9-15(27-11-14)8-13-6-4-3-5-7-13/h3-7,9-11,16,18H,8,12H2,1-2H3/b17-10+. The Morgan fingerprint density at radius 3 is 2.57 bits per heavy atom. The lowest BCUT2D eigenvalue weighted by Gasteiger charge is -2.04. The van der Waals surface area contributed by atoms with Crippen LogP contribution in [0.5, 0.6) is 0 Å². The number of carbonyl (C=O) groups excluding carboxylic acids is 1. The maximum atomic E-state index is 12.6. The number of hydrogen-bond acceptors (Lipinski definition) is 3. The Labute approximate surface area is 166 Å². The van der Waals surface area contributed by atoms with Crippen LogP contribution >= 0.6 is 11.6 Å². The van der Waals surface area contributed by atoms with Gasteiger partial charge in [0, 0.05) is 12.0 Å². The van der Waals surface area contributed by atoms with Crippen LogP contribution in [-0.4, -0.2) is 12.1 Å². The van der Waals surface area contributed by atoms with Crippen molar-refractivity contribution in [3.8, 4) is 0 Å². The van der Waals surface area contributed by atoms with E-state index in [2.05, 4.69) is 0 Å². The van der Waals surface area contributed by atoms with Crippen molar-refractivity contribution >= 4 is 17.6 Å². The molecule has 0 bridgehead atoms. The summed E-state index contributed by atoms with van der Waals surface area (Å²) in [7, 11) is 0. The van der Waals surface area contributed by atoms with E-state index >= 15 is 0 Å². The smallest absolute Gasteiger partial charge is 0.426 e. The van der Waals surface area contributed by atoms with Gasteiger partial charge in [-0.25, -0.2) is 0 Å².